The molecule has 0 fully saturated rings. The fraction of sp³-hybridized carbons (Fsp3) is 0.533. The first-order valence-electron chi connectivity index (χ1n) is 7.19. The van der Waals surface area contributed by atoms with E-state index in [0.717, 1.165) is 12.8 Å². The quantitative estimate of drug-likeness (QED) is 0.749. The summed E-state index contributed by atoms with van der Waals surface area (Å²) in [6.07, 6.45) is 3.22. The van der Waals surface area contributed by atoms with Gasteiger partial charge in [-0.05, 0) is 18.4 Å². The molecule has 1 rings (SSSR count). The Hall–Kier alpha value is -1.40. The SMILES string of the molecule is CCC(=O)NCCN(CCCc1ccccc1)S(C)(=O)=O. The molecule has 0 aromatic heterocycles. The van der Waals surface area contributed by atoms with Crippen molar-refractivity contribution in [2.24, 2.45) is 0 Å². The van der Waals surface area contributed by atoms with Gasteiger partial charge >= 0.3 is 0 Å². The van der Waals surface area contributed by atoms with E-state index in [4.69, 9.17) is 0 Å². The zero-order valence-electron chi connectivity index (χ0n) is 12.7. The number of amides is 1. The van der Waals surface area contributed by atoms with Crippen molar-refractivity contribution in [1.29, 1.82) is 0 Å². The number of hydrogen-bond donors (Lipinski definition) is 1. The van der Waals surface area contributed by atoms with Gasteiger partial charge in [-0.15, -0.1) is 0 Å². The molecule has 0 aliphatic rings. The highest BCUT2D eigenvalue weighted by Gasteiger charge is 2.15. The van der Waals surface area contributed by atoms with Crippen molar-refractivity contribution >= 4 is 15.9 Å². The third-order valence-electron chi connectivity index (χ3n) is 3.19. The van der Waals surface area contributed by atoms with Gasteiger partial charge in [0.05, 0.1) is 6.26 Å². The summed E-state index contributed by atoms with van der Waals surface area (Å²) in [5, 5.41) is 2.70. The van der Waals surface area contributed by atoms with Crippen LogP contribution in [0.1, 0.15) is 25.3 Å². The van der Waals surface area contributed by atoms with Crippen LogP contribution in [-0.2, 0) is 21.2 Å². The van der Waals surface area contributed by atoms with E-state index in [1.165, 1.54) is 16.1 Å². The maximum absolute atomic E-state index is 11.7. The molecule has 0 bridgehead atoms. The predicted octanol–water partition coefficient (Wildman–Crippen LogP) is 1.41. The Labute approximate surface area is 127 Å². The molecule has 1 amide bonds. The summed E-state index contributed by atoms with van der Waals surface area (Å²) in [4.78, 5) is 11.2. The first-order valence-corrected chi connectivity index (χ1v) is 9.04. The van der Waals surface area contributed by atoms with Crippen LogP contribution in [0.3, 0.4) is 0 Å². The lowest BCUT2D eigenvalue weighted by atomic mass is 10.1. The highest BCUT2D eigenvalue weighted by atomic mass is 32.2. The van der Waals surface area contributed by atoms with Gasteiger partial charge < -0.3 is 5.32 Å². The maximum Gasteiger partial charge on any atom is 0.219 e. The normalized spacial score (nSPS) is 11.6. The Morgan fingerprint density at radius 3 is 2.43 bits per heavy atom. The van der Waals surface area contributed by atoms with Gasteiger partial charge in [-0.2, -0.15) is 0 Å². The number of carbonyl (C=O) groups excluding carboxylic acids is 1. The van der Waals surface area contributed by atoms with Gasteiger partial charge in [-0.1, -0.05) is 37.3 Å². The van der Waals surface area contributed by atoms with Crippen LogP contribution < -0.4 is 5.32 Å². The Kier molecular flexibility index (Phi) is 7.39. The average molecular weight is 312 g/mol. The van der Waals surface area contributed by atoms with Crippen LogP contribution in [0.2, 0.25) is 0 Å². The van der Waals surface area contributed by atoms with Crippen molar-refractivity contribution < 1.29 is 13.2 Å². The number of hydrogen-bond acceptors (Lipinski definition) is 3. The monoisotopic (exact) mass is 312 g/mol. The summed E-state index contributed by atoms with van der Waals surface area (Å²) in [6, 6.07) is 9.98. The summed E-state index contributed by atoms with van der Waals surface area (Å²) < 4.78 is 24.9. The van der Waals surface area contributed by atoms with Crippen LogP contribution in [0.4, 0.5) is 0 Å². The van der Waals surface area contributed by atoms with Crippen LogP contribution in [0.5, 0.6) is 0 Å². The number of nitrogens with one attached hydrogen (secondary N) is 1. The Bertz CT molecular complexity index is 529. The molecule has 0 aliphatic carbocycles. The average Bonchev–Trinajstić information content (AvgIpc) is 2.45. The molecule has 0 unspecified atom stereocenters. The van der Waals surface area contributed by atoms with Crippen molar-refractivity contribution in [1.82, 2.24) is 9.62 Å². The second-order valence-corrected chi connectivity index (χ2v) is 6.94. The van der Waals surface area contributed by atoms with Gasteiger partial charge in [0.15, 0.2) is 0 Å². The van der Waals surface area contributed by atoms with E-state index >= 15 is 0 Å². The van der Waals surface area contributed by atoms with Crippen molar-refractivity contribution in [2.75, 3.05) is 25.9 Å². The van der Waals surface area contributed by atoms with Crippen LogP contribution >= 0.6 is 0 Å². The van der Waals surface area contributed by atoms with E-state index in [-0.39, 0.29) is 5.91 Å². The van der Waals surface area contributed by atoms with E-state index < -0.39 is 10.0 Å². The van der Waals surface area contributed by atoms with E-state index in [1.54, 1.807) is 6.92 Å². The van der Waals surface area contributed by atoms with Crippen molar-refractivity contribution in [3.05, 3.63) is 35.9 Å². The van der Waals surface area contributed by atoms with Gasteiger partial charge in [0, 0.05) is 26.1 Å². The number of aryl methyl sites for hydroxylation is 1. The van der Waals surface area contributed by atoms with Crippen molar-refractivity contribution in [3.63, 3.8) is 0 Å². The van der Waals surface area contributed by atoms with Gasteiger partial charge in [0.2, 0.25) is 15.9 Å². The van der Waals surface area contributed by atoms with E-state index in [9.17, 15) is 13.2 Å². The van der Waals surface area contributed by atoms with Crippen LogP contribution in [-0.4, -0.2) is 44.5 Å². The molecule has 1 aromatic rings. The summed E-state index contributed by atoms with van der Waals surface area (Å²) in [6.45, 7) is 2.91. The Morgan fingerprint density at radius 1 is 1.19 bits per heavy atom. The zero-order valence-corrected chi connectivity index (χ0v) is 13.5. The van der Waals surface area contributed by atoms with Crippen LogP contribution in [0.25, 0.3) is 0 Å². The third-order valence-corrected chi connectivity index (χ3v) is 4.49. The summed E-state index contributed by atoms with van der Waals surface area (Å²) in [7, 11) is -3.24. The fourth-order valence-corrected chi connectivity index (χ4v) is 2.88. The van der Waals surface area contributed by atoms with Crippen molar-refractivity contribution in [3.8, 4) is 0 Å². The molecule has 0 saturated carbocycles. The molecule has 1 N–H and O–H groups in total. The molecule has 0 saturated heterocycles. The summed E-state index contributed by atoms with van der Waals surface area (Å²) >= 11 is 0. The topological polar surface area (TPSA) is 66.5 Å². The lowest BCUT2D eigenvalue weighted by molar-refractivity contribution is -0.120. The van der Waals surface area contributed by atoms with Crippen LogP contribution in [0.15, 0.2) is 30.3 Å². The number of rotatable bonds is 9. The molecule has 0 heterocycles. The van der Waals surface area contributed by atoms with Gasteiger partial charge in [0.1, 0.15) is 0 Å². The molecule has 5 nitrogen and oxygen atoms in total. The van der Waals surface area contributed by atoms with E-state index in [0.29, 0.717) is 26.1 Å². The molecular weight excluding hydrogens is 288 g/mol. The summed E-state index contributed by atoms with van der Waals surface area (Å²) in [5.41, 5.74) is 1.20. The maximum atomic E-state index is 11.7. The number of nitrogens with zero attached hydrogens (tertiary/aromatic N) is 1. The molecule has 0 aliphatic heterocycles. The molecule has 118 valence electrons. The molecule has 0 spiro atoms. The number of sulfonamides is 1. The highest BCUT2D eigenvalue weighted by Crippen LogP contribution is 2.05. The van der Waals surface area contributed by atoms with Crippen molar-refractivity contribution in [2.45, 2.75) is 26.2 Å². The number of benzene rings is 1. The van der Waals surface area contributed by atoms with Crippen LogP contribution in [0, 0.1) is 0 Å². The lowest BCUT2D eigenvalue weighted by Crippen LogP contribution is -2.38. The first-order chi connectivity index (χ1) is 9.93. The smallest absolute Gasteiger partial charge is 0.219 e. The predicted molar refractivity (Wildman–Crippen MR) is 84.5 cm³/mol. The second kappa shape index (κ2) is 8.79. The largest absolute Gasteiger partial charge is 0.355 e. The molecule has 0 radical (unpaired) electrons. The third kappa shape index (κ3) is 7.24. The first kappa shape index (κ1) is 17.7. The molecule has 1 aromatic carbocycles. The second-order valence-electron chi connectivity index (χ2n) is 4.95. The van der Waals surface area contributed by atoms with Gasteiger partial charge in [-0.25, -0.2) is 12.7 Å². The Morgan fingerprint density at radius 2 is 1.86 bits per heavy atom. The van der Waals surface area contributed by atoms with E-state index in [2.05, 4.69) is 5.32 Å². The van der Waals surface area contributed by atoms with E-state index in [1.807, 2.05) is 30.3 Å². The van der Waals surface area contributed by atoms with Gasteiger partial charge in [-0.3, -0.25) is 4.79 Å². The minimum atomic E-state index is -3.24. The zero-order chi connectivity index (χ0) is 15.7. The minimum absolute atomic E-state index is 0.0623. The molecule has 21 heavy (non-hydrogen) atoms. The lowest BCUT2D eigenvalue weighted by Gasteiger charge is -2.20. The molecule has 0 atom stereocenters. The standard InChI is InChI=1S/C15H24N2O3S/c1-3-15(18)16-11-13-17(21(2,19)20)12-7-10-14-8-5-4-6-9-14/h4-6,8-9H,3,7,10-13H2,1-2H3,(H,16,18). The molecule has 6 heteroatoms. The summed E-state index contributed by atoms with van der Waals surface area (Å²) in [5.74, 6) is -0.0623. The number of carbonyl (C=O) groups is 1. The fourth-order valence-electron chi connectivity index (χ4n) is 1.99. The molecular formula is C15H24N2O3S. The Balaban J connectivity index is 2.42. The van der Waals surface area contributed by atoms with Gasteiger partial charge in [0.25, 0.3) is 0 Å². The highest BCUT2D eigenvalue weighted by molar-refractivity contribution is 7.88. The minimum Gasteiger partial charge on any atom is -0.355 e.